The highest BCUT2D eigenvalue weighted by Crippen LogP contribution is 2.36. The van der Waals surface area contributed by atoms with E-state index in [1.54, 1.807) is 0 Å². The van der Waals surface area contributed by atoms with E-state index in [-0.39, 0.29) is 10.2 Å². The molecule has 4 N–H and O–H groups in total. The van der Waals surface area contributed by atoms with E-state index in [0.29, 0.717) is 0 Å². The van der Waals surface area contributed by atoms with E-state index in [9.17, 15) is 22.8 Å². The van der Waals surface area contributed by atoms with Gasteiger partial charge in [0.15, 0.2) is 6.10 Å². The predicted octanol–water partition coefficient (Wildman–Crippen LogP) is 2.03. The number of aliphatic hydroxyl groups excluding tert-OH is 1. The molecule has 0 saturated heterocycles. The Bertz CT molecular complexity index is 551. The number of nitrogens with one attached hydrogen (secondary N) is 2. The first-order valence-electron chi connectivity index (χ1n) is 5.43. The first-order chi connectivity index (χ1) is 9.61. The smallest absolute Gasteiger partial charge is 0.417 e. The molecular formula is C11H10BrF3N2O4. The molecule has 0 spiro atoms. The average molecular weight is 371 g/mol. The third kappa shape index (κ3) is 5.23. The SMILES string of the molecule is O=C(NCC(O)C(=O)O)Nc1ccc(Br)c(C(F)(F)F)c1. The summed E-state index contributed by atoms with van der Waals surface area (Å²) in [6.45, 7) is -0.580. The lowest BCUT2D eigenvalue weighted by molar-refractivity contribution is -0.146. The van der Waals surface area contributed by atoms with Gasteiger partial charge in [0.1, 0.15) is 0 Å². The number of benzene rings is 1. The van der Waals surface area contributed by atoms with Gasteiger partial charge < -0.3 is 20.8 Å². The van der Waals surface area contributed by atoms with Gasteiger partial charge in [-0.15, -0.1) is 0 Å². The molecule has 1 atom stereocenters. The molecule has 0 bridgehead atoms. The van der Waals surface area contributed by atoms with E-state index in [1.807, 2.05) is 5.32 Å². The summed E-state index contributed by atoms with van der Waals surface area (Å²) < 4.78 is 37.8. The molecule has 0 radical (unpaired) electrons. The molecule has 0 aromatic heterocycles. The van der Waals surface area contributed by atoms with Crippen molar-refractivity contribution >= 4 is 33.6 Å². The van der Waals surface area contributed by atoms with Crippen molar-refractivity contribution in [2.45, 2.75) is 12.3 Å². The van der Waals surface area contributed by atoms with Crippen molar-refractivity contribution in [1.82, 2.24) is 5.32 Å². The van der Waals surface area contributed by atoms with Gasteiger partial charge in [0.25, 0.3) is 0 Å². The van der Waals surface area contributed by atoms with Crippen LogP contribution in [0.5, 0.6) is 0 Å². The van der Waals surface area contributed by atoms with Crippen molar-refractivity contribution in [2.75, 3.05) is 11.9 Å². The molecule has 116 valence electrons. The molecule has 1 rings (SSSR count). The number of urea groups is 1. The van der Waals surface area contributed by atoms with Gasteiger partial charge >= 0.3 is 18.2 Å². The van der Waals surface area contributed by atoms with Crippen LogP contribution in [0.25, 0.3) is 0 Å². The van der Waals surface area contributed by atoms with Crippen molar-refractivity contribution in [3.05, 3.63) is 28.2 Å². The van der Waals surface area contributed by atoms with Crippen LogP contribution in [0.15, 0.2) is 22.7 Å². The van der Waals surface area contributed by atoms with Gasteiger partial charge in [0.05, 0.1) is 12.1 Å². The molecule has 2 amide bonds. The molecule has 1 aromatic carbocycles. The third-order valence-corrected chi connectivity index (χ3v) is 2.96. The average Bonchev–Trinajstić information content (AvgIpc) is 2.36. The molecule has 0 fully saturated rings. The first kappa shape index (κ1) is 17.2. The zero-order valence-electron chi connectivity index (χ0n) is 10.2. The Morgan fingerprint density at radius 1 is 1.33 bits per heavy atom. The molecule has 6 nitrogen and oxygen atoms in total. The number of amides is 2. The zero-order chi connectivity index (χ0) is 16.2. The molecule has 0 saturated carbocycles. The summed E-state index contributed by atoms with van der Waals surface area (Å²) in [5.74, 6) is -1.53. The highest BCUT2D eigenvalue weighted by molar-refractivity contribution is 9.10. The van der Waals surface area contributed by atoms with E-state index in [4.69, 9.17) is 10.2 Å². The van der Waals surface area contributed by atoms with Crippen molar-refractivity contribution in [1.29, 1.82) is 0 Å². The van der Waals surface area contributed by atoms with Crippen LogP contribution in [-0.2, 0) is 11.0 Å². The van der Waals surface area contributed by atoms with E-state index in [1.165, 1.54) is 6.07 Å². The van der Waals surface area contributed by atoms with E-state index in [0.717, 1.165) is 12.1 Å². The molecule has 0 aliphatic heterocycles. The maximum Gasteiger partial charge on any atom is 0.417 e. The maximum atomic E-state index is 12.7. The van der Waals surface area contributed by atoms with Crippen molar-refractivity contribution in [3.8, 4) is 0 Å². The number of carbonyl (C=O) groups excluding carboxylic acids is 1. The Balaban J connectivity index is 2.71. The van der Waals surface area contributed by atoms with Crippen molar-refractivity contribution in [2.24, 2.45) is 0 Å². The minimum Gasteiger partial charge on any atom is -0.479 e. The summed E-state index contributed by atoms with van der Waals surface area (Å²) in [6, 6.07) is 2.12. The van der Waals surface area contributed by atoms with Crippen molar-refractivity contribution < 1.29 is 33.0 Å². The summed E-state index contributed by atoms with van der Waals surface area (Å²) in [6.07, 6.45) is -6.39. The molecule has 0 aliphatic carbocycles. The maximum absolute atomic E-state index is 12.7. The lowest BCUT2D eigenvalue weighted by Gasteiger charge is -2.13. The minimum atomic E-state index is -4.59. The number of carboxylic acid groups (broad SMARTS) is 1. The van der Waals surface area contributed by atoms with Gasteiger partial charge in [0, 0.05) is 10.2 Å². The Hall–Kier alpha value is -1.81. The number of rotatable bonds is 4. The van der Waals surface area contributed by atoms with Crippen LogP contribution < -0.4 is 10.6 Å². The van der Waals surface area contributed by atoms with E-state index >= 15 is 0 Å². The summed E-state index contributed by atoms with van der Waals surface area (Å²) in [4.78, 5) is 21.7. The number of alkyl halides is 3. The van der Waals surface area contributed by atoms with Gasteiger partial charge in [0.2, 0.25) is 0 Å². The molecule has 1 unspecified atom stereocenters. The monoisotopic (exact) mass is 370 g/mol. The molecule has 21 heavy (non-hydrogen) atoms. The van der Waals surface area contributed by atoms with Crippen LogP contribution >= 0.6 is 15.9 Å². The topological polar surface area (TPSA) is 98.7 Å². The number of carboxylic acids is 1. The minimum absolute atomic E-state index is 0.132. The van der Waals surface area contributed by atoms with Gasteiger partial charge in [-0.25, -0.2) is 9.59 Å². The normalized spacial score (nSPS) is 12.6. The summed E-state index contributed by atoms with van der Waals surface area (Å²) >= 11 is 2.75. The lowest BCUT2D eigenvalue weighted by atomic mass is 10.2. The molecular weight excluding hydrogens is 361 g/mol. The van der Waals surface area contributed by atoms with Gasteiger partial charge in [-0.1, -0.05) is 15.9 Å². The zero-order valence-corrected chi connectivity index (χ0v) is 11.8. The van der Waals surface area contributed by atoms with E-state index in [2.05, 4.69) is 21.2 Å². The van der Waals surface area contributed by atoms with Gasteiger partial charge in [-0.3, -0.25) is 0 Å². The largest absolute Gasteiger partial charge is 0.479 e. The number of hydrogen-bond acceptors (Lipinski definition) is 3. The Morgan fingerprint density at radius 3 is 2.48 bits per heavy atom. The Kier molecular flexibility index (Phi) is 5.55. The van der Waals surface area contributed by atoms with Gasteiger partial charge in [-0.2, -0.15) is 13.2 Å². The van der Waals surface area contributed by atoms with Crippen LogP contribution in [-0.4, -0.2) is 34.9 Å². The first-order valence-corrected chi connectivity index (χ1v) is 6.23. The number of aliphatic carboxylic acids is 1. The molecule has 10 heteroatoms. The number of halogens is 4. The summed E-state index contributed by atoms with van der Waals surface area (Å²) in [7, 11) is 0. The molecule has 0 aliphatic rings. The van der Waals surface area contributed by atoms with E-state index < -0.39 is 36.4 Å². The van der Waals surface area contributed by atoms with Crippen LogP contribution in [0.2, 0.25) is 0 Å². The second-order valence-corrected chi connectivity index (χ2v) is 4.74. The predicted molar refractivity (Wildman–Crippen MR) is 69.8 cm³/mol. The standard InChI is InChI=1S/C11H10BrF3N2O4/c12-7-2-1-5(3-6(7)11(13,14)15)17-10(21)16-4-8(18)9(19)20/h1-3,8,18H,4H2,(H,19,20)(H2,16,17,21). The fourth-order valence-corrected chi connectivity index (χ4v) is 1.74. The second-order valence-electron chi connectivity index (χ2n) is 3.88. The van der Waals surface area contributed by atoms with Crippen LogP contribution in [0.4, 0.5) is 23.7 Å². The number of anilines is 1. The Labute approximate surface area is 125 Å². The summed E-state index contributed by atoms with van der Waals surface area (Å²) in [5, 5.41) is 21.4. The fraction of sp³-hybridized carbons (Fsp3) is 0.273. The third-order valence-electron chi connectivity index (χ3n) is 2.27. The fourth-order valence-electron chi connectivity index (χ4n) is 1.27. The van der Waals surface area contributed by atoms with Crippen LogP contribution in [0.3, 0.4) is 0 Å². The quantitative estimate of drug-likeness (QED) is 0.651. The highest BCUT2D eigenvalue weighted by Gasteiger charge is 2.33. The second kappa shape index (κ2) is 6.76. The van der Waals surface area contributed by atoms with Gasteiger partial charge in [-0.05, 0) is 18.2 Å². The molecule has 0 heterocycles. The summed E-state index contributed by atoms with van der Waals surface area (Å²) in [5.41, 5.74) is -1.10. The van der Waals surface area contributed by atoms with Crippen LogP contribution in [0, 0.1) is 0 Å². The number of aliphatic hydroxyl groups is 1. The Morgan fingerprint density at radius 2 is 1.95 bits per heavy atom. The highest BCUT2D eigenvalue weighted by atomic mass is 79.9. The lowest BCUT2D eigenvalue weighted by Crippen LogP contribution is -2.38. The van der Waals surface area contributed by atoms with Crippen LogP contribution in [0.1, 0.15) is 5.56 Å². The number of hydrogen-bond donors (Lipinski definition) is 4. The van der Waals surface area contributed by atoms with Crippen molar-refractivity contribution in [3.63, 3.8) is 0 Å². The molecule has 1 aromatic rings. The number of carbonyl (C=O) groups is 2.